The van der Waals surface area contributed by atoms with Crippen LogP contribution in [0.2, 0.25) is 0 Å². The van der Waals surface area contributed by atoms with Crippen molar-refractivity contribution in [3.05, 3.63) is 0 Å². The second-order valence-electron chi connectivity index (χ2n) is 2.48. The van der Waals surface area contributed by atoms with Gasteiger partial charge in [-0.3, -0.25) is 9.59 Å². The lowest BCUT2D eigenvalue weighted by atomic mass is 10.9. The number of carboxylic acids is 3. The first-order chi connectivity index (χ1) is 5.78. The number of hydrogen-bond donors (Lipinski definition) is 4. The minimum absolute atomic E-state index is 1.14. The van der Waals surface area contributed by atoms with E-state index in [-0.39, 0.29) is 0 Å². The second kappa shape index (κ2) is 3.85. The van der Waals surface area contributed by atoms with Crippen LogP contribution in [-0.4, -0.2) is 43.9 Å². The van der Waals surface area contributed by atoms with Gasteiger partial charge in [0.1, 0.15) is 0 Å². The van der Waals surface area contributed by atoms with E-state index < -0.39 is 36.4 Å². The van der Waals surface area contributed by atoms with Gasteiger partial charge in [0, 0.05) is 0 Å². The fourth-order valence-electron chi connectivity index (χ4n) is 0.714. The molecule has 7 nitrogen and oxygen atoms in total. The lowest BCUT2D eigenvalue weighted by Gasteiger charge is -2.18. The van der Waals surface area contributed by atoms with Gasteiger partial charge in [-0.05, 0) is 0 Å². The van der Waals surface area contributed by atoms with Crippen LogP contribution >= 0.6 is 0 Å². The molecule has 0 spiro atoms. The normalized spacial score (nSPS) is 10.8. The van der Waals surface area contributed by atoms with Gasteiger partial charge in [-0.15, -0.1) is 0 Å². The molecule has 0 aromatic carbocycles. The van der Waals surface area contributed by atoms with E-state index in [4.69, 9.17) is 20.4 Å². The van der Waals surface area contributed by atoms with Crippen LogP contribution in [0.3, 0.4) is 0 Å². The van der Waals surface area contributed by atoms with E-state index in [1.807, 2.05) is 0 Å². The zero-order valence-electron chi connectivity index (χ0n) is 6.43. The van der Waals surface area contributed by atoms with Gasteiger partial charge in [-0.1, -0.05) is 0 Å². The highest BCUT2D eigenvalue weighted by molar-refractivity contribution is 5.88. The molecule has 0 bridgehead atoms. The van der Waals surface area contributed by atoms with E-state index in [0.29, 0.717) is 0 Å². The number of aliphatic hydroxyl groups is 1. The molecule has 0 rings (SSSR count). The summed E-state index contributed by atoms with van der Waals surface area (Å²) in [6.45, 7) is 0. The average molecular weight is 198 g/mol. The van der Waals surface area contributed by atoms with E-state index in [1.54, 1.807) is 0 Å². The maximum absolute atomic E-state index is 10.3. The average Bonchev–Trinajstić information content (AvgIpc) is 1.82. The summed E-state index contributed by atoms with van der Waals surface area (Å²) in [6.07, 6.45) is -2.29. The zero-order valence-corrected chi connectivity index (χ0v) is 6.43. The first-order valence-corrected chi connectivity index (χ1v) is 3.17. The van der Waals surface area contributed by atoms with Crippen LogP contribution in [0.25, 0.3) is 0 Å². The van der Waals surface area contributed by atoms with Crippen molar-refractivity contribution in [1.82, 2.24) is 0 Å². The Morgan fingerprint density at radius 2 is 1.23 bits per heavy atom. The van der Waals surface area contributed by atoms with Gasteiger partial charge in [0.2, 0.25) is 0 Å². The first-order valence-electron chi connectivity index (χ1n) is 3.17. The Morgan fingerprint density at radius 3 is 1.38 bits per heavy atom. The molecule has 0 unspecified atom stereocenters. The lowest BCUT2D eigenvalue weighted by molar-refractivity contribution is -0.170. The highest BCUT2D eigenvalue weighted by Crippen LogP contribution is 2.15. The van der Waals surface area contributed by atoms with E-state index in [1.165, 1.54) is 0 Å². The van der Waals surface area contributed by atoms with Crippen LogP contribution < -0.4 is 0 Å². The largest absolute Gasteiger partial charge is 0.481 e. The van der Waals surface area contributed by atoms with E-state index >= 15 is 0 Å². The quantitative estimate of drug-likeness (QED) is 0.405. The van der Waals surface area contributed by atoms with Gasteiger partial charge >= 0.3 is 17.9 Å². The van der Waals surface area contributed by atoms with E-state index in [9.17, 15) is 14.4 Å². The van der Waals surface area contributed by atoms with Crippen molar-refractivity contribution in [2.45, 2.75) is 18.4 Å². The second-order valence-corrected chi connectivity index (χ2v) is 2.48. The molecule has 0 aliphatic heterocycles. The SMILES string of the molecule is O=[13C](O)[13CH2][13C](O)([13CH2][13C](=O)O)[13C](=O)O. The zero-order chi connectivity index (χ0) is 10.6. The molecule has 0 heterocycles. The number of aliphatic carboxylic acids is 3. The molecule has 0 saturated carbocycles. The van der Waals surface area contributed by atoms with Crippen molar-refractivity contribution in [1.29, 1.82) is 0 Å². The van der Waals surface area contributed by atoms with Gasteiger partial charge in [0.15, 0.2) is 5.60 Å². The molecule has 0 aromatic heterocycles. The van der Waals surface area contributed by atoms with Crippen LogP contribution in [0.1, 0.15) is 12.8 Å². The summed E-state index contributed by atoms with van der Waals surface area (Å²) in [6, 6.07) is 0. The van der Waals surface area contributed by atoms with Crippen molar-refractivity contribution in [3.8, 4) is 0 Å². The Bertz CT molecular complexity index is 227. The summed E-state index contributed by atoms with van der Waals surface area (Å²) in [4.78, 5) is 30.5. The fraction of sp³-hybridized carbons (Fsp3) is 0.500. The first kappa shape index (κ1) is 11.4. The standard InChI is InChI=1S/C6H8O7/c7-3(8)1-6(13,5(11)12)2-4(9)10/h13H,1-2H2,(H,7,8)(H,9,10)(H,11,12)/i1+1,2+1,3+1,4+1,5+1,6+1. The van der Waals surface area contributed by atoms with E-state index in [2.05, 4.69) is 0 Å². The smallest absolute Gasteiger partial charge is 0.336 e. The number of carboxylic acid groups (broad SMARTS) is 3. The van der Waals surface area contributed by atoms with Crippen LogP contribution in [0.15, 0.2) is 0 Å². The lowest BCUT2D eigenvalue weighted by Crippen LogP contribution is -2.42. The molecule has 4 N–H and O–H groups in total. The summed E-state index contributed by atoms with van der Waals surface area (Å²) < 4.78 is 0. The molecule has 74 valence electrons. The Kier molecular flexibility index (Phi) is 3.37. The van der Waals surface area contributed by atoms with Crippen LogP contribution in [0.5, 0.6) is 0 Å². The van der Waals surface area contributed by atoms with Crippen molar-refractivity contribution in [2.24, 2.45) is 0 Å². The minimum Gasteiger partial charge on any atom is -0.481 e. The van der Waals surface area contributed by atoms with Crippen molar-refractivity contribution in [2.75, 3.05) is 0 Å². The summed E-state index contributed by atoms with van der Waals surface area (Å²) in [5.74, 6) is -5.02. The third kappa shape index (κ3) is 3.52. The summed E-state index contributed by atoms with van der Waals surface area (Å²) in [5, 5.41) is 33.8. The van der Waals surface area contributed by atoms with Crippen molar-refractivity contribution >= 4 is 17.9 Å². The Labute approximate surface area is 72.2 Å². The molecule has 13 heavy (non-hydrogen) atoms. The number of carbonyl (C=O) groups is 3. The Balaban J connectivity index is 4.62. The van der Waals surface area contributed by atoms with Crippen LogP contribution in [-0.2, 0) is 14.4 Å². The number of hydrogen-bond acceptors (Lipinski definition) is 4. The monoisotopic (exact) mass is 198 g/mol. The summed E-state index contributed by atoms with van der Waals surface area (Å²) >= 11 is 0. The van der Waals surface area contributed by atoms with Gasteiger partial charge in [0.25, 0.3) is 0 Å². The molecule has 0 aromatic rings. The molecule has 0 amide bonds. The topological polar surface area (TPSA) is 132 Å². The maximum atomic E-state index is 10.3. The van der Waals surface area contributed by atoms with Gasteiger partial charge < -0.3 is 20.4 Å². The fourth-order valence-corrected chi connectivity index (χ4v) is 0.714. The van der Waals surface area contributed by atoms with Gasteiger partial charge in [-0.2, -0.15) is 0 Å². The molecule has 0 saturated heterocycles. The van der Waals surface area contributed by atoms with E-state index in [0.717, 1.165) is 0 Å². The minimum atomic E-state index is -2.74. The van der Waals surface area contributed by atoms with Crippen LogP contribution in [0.4, 0.5) is 0 Å². The maximum Gasteiger partial charge on any atom is 0.336 e. The summed E-state index contributed by atoms with van der Waals surface area (Å²) in [5.41, 5.74) is -2.74. The Morgan fingerprint density at radius 1 is 0.923 bits per heavy atom. The molecular weight excluding hydrogens is 190 g/mol. The molecule has 0 aliphatic carbocycles. The molecular formula is C6H8O7. The van der Waals surface area contributed by atoms with Gasteiger partial charge in [0.05, 0.1) is 12.8 Å². The third-order valence-electron chi connectivity index (χ3n) is 1.29. The highest BCUT2D eigenvalue weighted by Gasteiger charge is 2.40. The Hall–Kier alpha value is -1.63. The van der Waals surface area contributed by atoms with Crippen molar-refractivity contribution < 1.29 is 34.8 Å². The predicted molar refractivity (Wildman–Crippen MR) is 37.1 cm³/mol. The van der Waals surface area contributed by atoms with Crippen LogP contribution in [0, 0.1) is 0 Å². The molecule has 0 atom stereocenters. The van der Waals surface area contributed by atoms with Gasteiger partial charge in [-0.25, -0.2) is 4.79 Å². The highest BCUT2D eigenvalue weighted by atomic mass is 16.6. The third-order valence-corrected chi connectivity index (χ3v) is 1.29. The summed E-state index contributed by atoms with van der Waals surface area (Å²) in [7, 11) is 0. The van der Waals surface area contributed by atoms with Crippen molar-refractivity contribution in [3.63, 3.8) is 0 Å². The predicted octanol–water partition coefficient (Wildman–Crippen LogP) is -1.25. The molecule has 7 heteroatoms. The molecule has 0 radical (unpaired) electrons. The number of rotatable bonds is 5. The molecule has 0 aliphatic rings. The molecule has 0 fully saturated rings.